The average Bonchev–Trinajstić information content (AvgIpc) is 2.83. The number of carbonyl (C=O) groups excluding carboxylic acids is 2. The second kappa shape index (κ2) is 10.8. The molecule has 0 aliphatic carbocycles. The number of nitrogens with one attached hydrogen (secondary N) is 1. The summed E-state index contributed by atoms with van der Waals surface area (Å²) in [5.74, 6) is 0.284. The molecule has 1 aliphatic rings. The lowest BCUT2D eigenvalue weighted by molar-refractivity contribution is -0.131. The minimum absolute atomic E-state index is 0.122. The zero-order chi connectivity index (χ0) is 23.1. The molecular formula is C23H28FN3O5. The van der Waals surface area contributed by atoms with E-state index in [4.69, 9.17) is 14.2 Å². The number of piperazine rings is 1. The zero-order valence-corrected chi connectivity index (χ0v) is 18.5. The van der Waals surface area contributed by atoms with Crippen LogP contribution in [0.1, 0.15) is 15.9 Å². The molecule has 0 unspecified atom stereocenters. The second-order valence-electron chi connectivity index (χ2n) is 7.35. The zero-order valence-electron chi connectivity index (χ0n) is 18.5. The van der Waals surface area contributed by atoms with E-state index in [9.17, 15) is 14.0 Å². The van der Waals surface area contributed by atoms with Crippen LogP contribution in [0.3, 0.4) is 0 Å². The molecule has 0 radical (unpaired) electrons. The van der Waals surface area contributed by atoms with Crippen LogP contribution < -0.4 is 19.5 Å². The van der Waals surface area contributed by atoms with Crippen molar-refractivity contribution in [3.63, 3.8) is 0 Å². The smallest absolute Gasteiger partial charge is 0.251 e. The third-order valence-electron chi connectivity index (χ3n) is 5.40. The molecule has 0 bridgehead atoms. The van der Waals surface area contributed by atoms with Gasteiger partial charge in [0.15, 0.2) is 11.5 Å². The van der Waals surface area contributed by atoms with Gasteiger partial charge in [-0.25, -0.2) is 4.39 Å². The Labute approximate surface area is 186 Å². The van der Waals surface area contributed by atoms with Crippen LogP contribution >= 0.6 is 0 Å². The van der Waals surface area contributed by atoms with E-state index in [2.05, 4.69) is 10.2 Å². The van der Waals surface area contributed by atoms with Crippen LogP contribution in [0.25, 0.3) is 0 Å². The Morgan fingerprint density at radius 1 is 0.969 bits per heavy atom. The number of halogens is 1. The third kappa shape index (κ3) is 5.47. The second-order valence-corrected chi connectivity index (χ2v) is 7.35. The molecule has 1 fully saturated rings. The predicted molar refractivity (Wildman–Crippen MR) is 117 cm³/mol. The molecule has 2 amide bonds. The molecule has 1 saturated heterocycles. The highest BCUT2D eigenvalue weighted by Crippen LogP contribution is 2.38. The predicted octanol–water partition coefficient (Wildman–Crippen LogP) is 1.93. The standard InChI is InChI=1S/C23H28FN3O5/c1-30-19-12-17(13-20(31-2)22(19)32-3)23(29)25-14-21(28)27-10-8-26(9-11-27)15-16-6-4-5-7-18(16)24/h4-7,12-13H,8-11,14-15H2,1-3H3,(H,25,29). The Hall–Kier alpha value is -3.33. The molecule has 32 heavy (non-hydrogen) atoms. The summed E-state index contributed by atoms with van der Waals surface area (Å²) in [6, 6.07) is 9.76. The Balaban J connectivity index is 1.52. The number of rotatable bonds is 8. The fraction of sp³-hybridized carbons (Fsp3) is 0.391. The van der Waals surface area contributed by atoms with Crippen LogP contribution in [0.4, 0.5) is 4.39 Å². The highest BCUT2D eigenvalue weighted by Gasteiger charge is 2.23. The number of ether oxygens (including phenoxy) is 3. The monoisotopic (exact) mass is 445 g/mol. The number of carbonyl (C=O) groups is 2. The van der Waals surface area contributed by atoms with Gasteiger partial charge in [0, 0.05) is 43.9 Å². The Kier molecular flexibility index (Phi) is 7.88. The van der Waals surface area contributed by atoms with Crippen molar-refractivity contribution in [2.75, 3.05) is 54.1 Å². The van der Waals surface area contributed by atoms with Crippen LogP contribution in [0.2, 0.25) is 0 Å². The summed E-state index contributed by atoms with van der Waals surface area (Å²) in [4.78, 5) is 28.9. The summed E-state index contributed by atoms with van der Waals surface area (Å²) < 4.78 is 29.6. The molecule has 3 rings (SSSR count). The van der Waals surface area contributed by atoms with Gasteiger partial charge in [-0.2, -0.15) is 0 Å². The van der Waals surface area contributed by atoms with Gasteiger partial charge in [-0.3, -0.25) is 14.5 Å². The topological polar surface area (TPSA) is 80.3 Å². The number of hydrogen-bond acceptors (Lipinski definition) is 6. The number of methoxy groups -OCH3 is 3. The van der Waals surface area contributed by atoms with Crippen LogP contribution in [-0.4, -0.2) is 75.7 Å². The van der Waals surface area contributed by atoms with E-state index in [1.165, 1.54) is 39.5 Å². The van der Waals surface area contributed by atoms with Crippen molar-refractivity contribution in [1.82, 2.24) is 15.1 Å². The summed E-state index contributed by atoms with van der Waals surface area (Å²) in [6.45, 7) is 2.71. The average molecular weight is 445 g/mol. The van der Waals surface area contributed by atoms with Gasteiger partial charge in [0.05, 0.1) is 27.9 Å². The number of nitrogens with zero attached hydrogens (tertiary/aromatic N) is 2. The van der Waals surface area contributed by atoms with Gasteiger partial charge in [0.1, 0.15) is 5.82 Å². The summed E-state index contributed by atoms with van der Waals surface area (Å²) in [6.07, 6.45) is 0. The summed E-state index contributed by atoms with van der Waals surface area (Å²) in [7, 11) is 4.41. The Morgan fingerprint density at radius 2 is 1.59 bits per heavy atom. The van der Waals surface area contributed by atoms with E-state index in [0.717, 1.165) is 0 Å². The number of hydrogen-bond donors (Lipinski definition) is 1. The SMILES string of the molecule is COc1cc(C(=O)NCC(=O)N2CCN(Cc3ccccc3F)CC2)cc(OC)c1OC. The number of benzene rings is 2. The molecule has 172 valence electrons. The first-order chi connectivity index (χ1) is 15.5. The van der Waals surface area contributed by atoms with Crippen molar-refractivity contribution in [2.24, 2.45) is 0 Å². The summed E-state index contributed by atoms with van der Waals surface area (Å²) >= 11 is 0. The fourth-order valence-electron chi connectivity index (χ4n) is 3.60. The van der Waals surface area contributed by atoms with Gasteiger partial charge >= 0.3 is 0 Å². The summed E-state index contributed by atoms with van der Waals surface area (Å²) in [5.41, 5.74) is 0.937. The van der Waals surface area contributed by atoms with E-state index in [-0.39, 0.29) is 18.3 Å². The van der Waals surface area contributed by atoms with E-state index in [0.29, 0.717) is 61.1 Å². The van der Waals surface area contributed by atoms with E-state index < -0.39 is 5.91 Å². The molecule has 9 heteroatoms. The van der Waals surface area contributed by atoms with Crippen molar-refractivity contribution in [3.8, 4) is 17.2 Å². The van der Waals surface area contributed by atoms with Crippen molar-refractivity contribution < 1.29 is 28.2 Å². The summed E-state index contributed by atoms with van der Waals surface area (Å²) in [5, 5.41) is 2.65. The molecule has 1 heterocycles. The molecule has 1 N–H and O–H groups in total. The molecule has 0 saturated carbocycles. The molecule has 0 atom stereocenters. The van der Waals surface area contributed by atoms with Gasteiger partial charge in [0.25, 0.3) is 5.91 Å². The van der Waals surface area contributed by atoms with Crippen molar-refractivity contribution in [3.05, 3.63) is 53.3 Å². The third-order valence-corrected chi connectivity index (χ3v) is 5.40. The quantitative estimate of drug-likeness (QED) is 0.669. The highest BCUT2D eigenvalue weighted by molar-refractivity contribution is 5.97. The van der Waals surface area contributed by atoms with Crippen LogP contribution in [0, 0.1) is 5.82 Å². The molecule has 1 aliphatic heterocycles. The van der Waals surface area contributed by atoms with Gasteiger partial charge in [-0.1, -0.05) is 18.2 Å². The maximum atomic E-state index is 13.8. The molecule has 2 aromatic rings. The molecular weight excluding hydrogens is 417 g/mol. The van der Waals surface area contributed by atoms with E-state index >= 15 is 0 Å². The maximum Gasteiger partial charge on any atom is 0.251 e. The first kappa shape index (κ1) is 23.3. The van der Waals surface area contributed by atoms with Crippen molar-refractivity contribution >= 4 is 11.8 Å². The van der Waals surface area contributed by atoms with E-state index in [1.54, 1.807) is 17.0 Å². The molecule has 0 aromatic heterocycles. The molecule has 8 nitrogen and oxygen atoms in total. The van der Waals surface area contributed by atoms with Gasteiger partial charge < -0.3 is 24.4 Å². The van der Waals surface area contributed by atoms with Gasteiger partial charge in [0.2, 0.25) is 11.7 Å². The fourth-order valence-corrected chi connectivity index (χ4v) is 3.60. The number of amides is 2. The van der Waals surface area contributed by atoms with E-state index in [1.807, 2.05) is 6.07 Å². The van der Waals surface area contributed by atoms with Gasteiger partial charge in [-0.05, 0) is 18.2 Å². The first-order valence-electron chi connectivity index (χ1n) is 10.3. The Bertz CT molecular complexity index is 935. The van der Waals surface area contributed by atoms with Crippen molar-refractivity contribution in [1.29, 1.82) is 0 Å². The van der Waals surface area contributed by atoms with Gasteiger partial charge in [-0.15, -0.1) is 0 Å². The largest absolute Gasteiger partial charge is 0.493 e. The van der Waals surface area contributed by atoms with Crippen LogP contribution in [0.5, 0.6) is 17.2 Å². The molecule has 2 aromatic carbocycles. The lowest BCUT2D eigenvalue weighted by atomic mass is 10.1. The van der Waals surface area contributed by atoms with Crippen LogP contribution in [0.15, 0.2) is 36.4 Å². The highest BCUT2D eigenvalue weighted by atomic mass is 19.1. The lowest BCUT2D eigenvalue weighted by Gasteiger charge is -2.34. The first-order valence-corrected chi connectivity index (χ1v) is 10.3. The minimum Gasteiger partial charge on any atom is -0.493 e. The normalized spacial score (nSPS) is 14.1. The Morgan fingerprint density at radius 3 is 2.16 bits per heavy atom. The lowest BCUT2D eigenvalue weighted by Crippen LogP contribution is -2.50. The van der Waals surface area contributed by atoms with Crippen molar-refractivity contribution in [2.45, 2.75) is 6.54 Å². The maximum absolute atomic E-state index is 13.8. The minimum atomic E-state index is -0.421. The molecule has 0 spiro atoms. The van der Waals surface area contributed by atoms with Crippen LogP contribution in [-0.2, 0) is 11.3 Å².